The smallest absolute Gasteiger partial charge is 0.162 e. The van der Waals surface area contributed by atoms with Crippen LogP contribution in [0.1, 0.15) is 22.8 Å². The third-order valence-electron chi connectivity index (χ3n) is 1.86. The Bertz CT molecular complexity index is 377. The molecule has 0 atom stereocenters. The number of carbonyl (C=O) groups is 1. The maximum absolute atomic E-state index is 11.3. The van der Waals surface area contributed by atoms with Crippen LogP contribution in [0.25, 0.3) is 0 Å². The van der Waals surface area contributed by atoms with Crippen LogP contribution in [-0.4, -0.2) is 12.9 Å². The number of rotatable bonds is 4. The quantitative estimate of drug-likeness (QED) is 0.466. The molecule has 1 aromatic rings. The van der Waals surface area contributed by atoms with Crippen molar-refractivity contribution in [1.82, 2.24) is 0 Å². The van der Waals surface area contributed by atoms with Crippen molar-refractivity contribution in [1.29, 1.82) is 0 Å². The monoisotopic (exact) mass is 248 g/mol. The predicted octanol–water partition coefficient (Wildman–Crippen LogP) is 3.27. The van der Waals surface area contributed by atoms with E-state index in [2.05, 4.69) is 4.89 Å². The summed E-state index contributed by atoms with van der Waals surface area (Å²) in [7, 11) is 1.40. The van der Waals surface area contributed by atoms with Gasteiger partial charge in [-0.25, -0.2) is 9.78 Å². The number of ketones is 1. The van der Waals surface area contributed by atoms with Crippen LogP contribution in [0.3, 0.4) is 0 Å². The van der Waals surface area contributed by atoms with Crippen molar-refractivity contribution in [3.63, 3.8) is 0 Å². The Morgan fingerprint density at radius 3 is 2.60 bits per heavy atom. The first kappa shape index (κ1) is 12.5. The van der Waals surface area contributed by atoms with Gasteiger partial charge < -0.3 is 0 Å². The lowest BCUT2D eigenvalue weighted by Gasteiger charge is -2.08. The number of hydrogen-bond acceptors (Lipinski definition) is 3. The molecule has 0 fully saturated rings. The predicted molar refractivity (Wildman–Crippen MR) is 58.3 cm³/mol. The van der Waals surface area contributed by atoms with Crippen molar-refractivity contribution < 1.29 is 14.6 Å². The van der Waals surface area contributed by atoms with E-state index in [1.165, 1.54) is 14.0 Å². The Morgan fingerprint density at radius 2 is 2.07 bits per heavy atom. The van der Waals surface area contributed by atoms with Crippen LogP contribution in [0.4, 0.5) is 0 Å². The van der Waals surface area contributed by atoms with Gasteiger partial charge in [0.1, 0.15) is 6.61 Å². The zero-order valence-corrected chi connectivity index (χ0v) is 9.85. The van der Waals surface area contributed by atoms with Crippen molar-refractivity contribution in [2.24, 2.45) is 0 Å². The van der Waals surface area contributed by atoms with Gasteiger partial charge in [-0.05, 0) is 13.0 Å². The second-order valence-electron chi connectivity index (χ2n) is 2.88. The lowest BCUT2D eigenvalue weighted by atomic mass is 10.1. The van der Waals surface area contributed by atoms with Crippen molar-refractivity contribution in [2.75, 3.05) is 7.11 Å². The minimum absolute atomic E-state index is 0.173. The fourth-order valence-electron chi connectivity index (χ4n) is 1.15. The van der Waals surface area contributed by atoms with Crippen LogP contribution >= 0.6 is 23.2 Å². The molecule has 0 heterocycles. The Morgan fingerprint density at radius 1 is 1.40 bits per heavy atom. The molecule has 0 amide bonds. The van der Waals surface area contributed by atoms with E-state index < -0.39 is 0 Å². The average Bonchev–Trinajstić information content (AvgIpc) is 2.16. The largest absolute Gasteiger partial charge is 0.294 e. The zero-order valence-electron chi connectivity index (χ0n) is 8.34. The third kappa shape index (κ3) is 2.92. The molecular formula is C10H10Cl2O3. The molecule has 82 valence electrons. The topological polar surface area (TPSA) is 35.5 Å². The SMILES string of the molecule is COOCc1ccc(Cl)c(C(C)=O)c1Cl. The summed E-state index contributed by atoms with van der Waals surface area (Å²) in [6.07, 6.45) is 0. The second-order valence-corrected chi connectivity index (χ2v) is 3.67. The highest BCUT2D eigenvalue weighted by molar-refractivity contribution is 6.40. The van der Waals surface area contributed by atoms with Crippen molar-refractivity contribution in [3.05, 3.63) is 33.3 Å². The normalized spacial score (nSPS) is 10.4. The molecular weight excluding hydrogens is 239 g/mol. The summed E-state index contributed by atoms with van der Waals surface area (Å²) in [6, 6.07) is 3.30. The molecule has 1 aromatic carbocycles. The molecule has 0 N–H and O–H groups in total. The summed E-state index contributed by atoms with van der Waals surface area (Å²) < 4.78 is 0. The molecule has 0 radical (unpaired) electrons. The average molecular weight is 249 g/mol. The maximum Gasteiger partial charge on any atom is 0.162 e. The fraction of sp³-hybridized carbons (Fsp3) is 0.300. The van der Waals surface area contributed by atoms with Gasteiger partial charge in [0, 0.05) is 5.56 Å². The molecule has 5 heteroatoms. The Balaban J connectivity index is 3.11. The summed E-state index contributed by atoms with van der Waals surface area (Å²) in [5, 5.41) is 0.653. The Labute approximate surface area is 97.8 Å². The molecule has 0 aliphatic rings. The molecule has 0 aliphatic carbocycles. The van der Waals surface area contributed by atoms with E-state index in [-0.39, 0.29) is 12.4 Å². The highest BCUT2D eigenvalue weighted by atomic mass is 35.5. The molecule has 0 aromatic heterocycles. The van der Waals surface area contributed by atoms with Crippen LogP contribution in [0.15, 0.2) is 12.1 Å². The van der Waals surface area contributed by atoms with Crippen molar-refractivity contribution in [3.8, 4) is 0 Å². The lowest BCUT2D eigenvalue weighted by molar-refractivity contribution is -0.282. The van der Waals surface area contributed by atoms with Crippen LogP contribution in [0.5, 0.6) is 0 Å². The summed E-state index contributed by atoms with van der Waals surface area (Å²) in [5.74, 6) is -0.177. The van der Waals surface area contributed by atoms with E-state index in [1.54, 1.807) is 12.1 Å². The van der Waals surface area contributed by atoms with E-state index >= 15 is 0 Å². The number of benzene rings is 1. The molecule has 0 bridgehead atoms. The number of halogens is 2. The summed E-state index contributed by atoms with van der Waals surface area (Å²) in [6.45, 7) is 1.58. The van der Waals surface area contributed by atoms with Gasteiger partial charge in [-0.3, -0.25) is 4.79 Å². The molecule has 15 heavy (non-hydrogen) atoms. The minimum Gasteiger partial charge on any atom is -0.294 e. The van der Waals surface area contributed by atoms with Gasteiger partial charge in [-0.15, -0.1) is 0 Å². The highest BCUT2D eigenvalue weighted by Gasteiger charge is 2.14. The first-order valence-electron chi connectivity index (χ1n) is 4.21. The van der Waals surface area contributed by atoms with E-state index in [4.69, 9.17) is 28.1 Å². The third-order valence-corrected chi connectivity index (χ3v) is 2.60. The fourth-order valence-corrected chi connectivity index (χ4v) is 1.84. The molecule has 0 saturated heterocycles. The molecule has 0 spiro atoms. The van der Waals surface area contributed by atoms with Gasteiger partial charge in [0.2, 0.25) is 0 Å². The van der Waals surface area contributed by atoms with E-state index in [1.807, 2.05) is 0 Å². The van der Waals surface area contributed by atoms with Crippen LogP contribution in [0.2, 0.25) is 10.0 Å². The van der Waals surface area contributed by atoms with Gasteiger partial charge in [-0.1, -0.05) is 29.3 Å². The maximum atomic E-state index is 11.3. The summed E-state index contributed by atoms with van der Waals surface area (Å²) in [5.41, 5.74) is 0.976. The standard InChI is InChI=1S/C10H10Cl2O3/c1-6(13)9-8(11)4-3-7(10(9)12)5-15-14-2/h3-4H,5H2,1-2H3. The van der Waals surface area contributed by atoms with Gasteiger partial charge in [0.25, 0.3) is 0 Å². The summed E-state index contributed by atoms with van der Waals surface area (Å²) >= 11 is 11.9. The molecule has 0 unspecified atom stereocenters. The van der Waals surface area contributed by atoms with Gasteiger partial charge in [0.05, 0.1) is 22.7 Å². The van der Waals surface area contributed by atoms with Crippen LogP contribution in [0, 0.1) is 0 Å². The van der Waals surface area contributed by atoms with E-state index in [9.17, 15) is 4.79 Å². The Kier molecular flexibility index (Phi) is 4.54. The molecule has 1 rings (SSSR count). The Hall–Kier alpha value is -0.610. The number of Topliss-reactive ketones (excluding diaryl/α,β-unsaturated/α-hetero) is 1. The number of hydrogen-bond donors (Lipinski definition) is 0. The van der Waals surface area contributed by atoms with Gasteiger partial charge in [0.15, 0.2) is 5.78 Å². The van der Waals surface area contributed by atoms with Gasteiger partial charge >= 0.3 is 0 Å². The highest BCUT2D eigenvalue weighted by Crippen LogP contribution is 2.29. The number of carbonyl (C=O) groups excluding carboxylic acids is 1. The lowest BCUT2D eigenvalue weighted by Crippen LogP contribution is -2.00. The van der Waals surface area contributed by atoms with Crippen LogP contribution < -0.4 is 0 Å². The van der Waals surface area contributed by atoms with E-state index in [0.29, 0.717) is 21.2 Å². The summed E-state index contributed by atoms with van der Waals surface area (Å²) in [4.78, 5) is 20.5. The second kappa shape index (κ2) is 5.47. The minimum atomic E-state index is -0.177. The van der Waals surface area contributed by atoms with E-state index in [0.717, 1.165) is 0 Å². The van der Waals surface area contributed by atoms with Crippen LogP contribution in [-0.2, 0) is 16.4 Å². The molecule has 0 saturated carbocycles. The zero-order chi connectivity index (χ0) is 11.4. The van der Waals surface area contributed by atoms with Gasteiger partial charge in [-0.2, -0.15) is 0 Å². The van der Waals surface area contributed by atoms with Crippen molar-refractivity contribution in [2.45, 2.75) is 13.5 Å². The van der Waals surface area contributed by atoms with Crippen molar-refractivity contribution >= 4 is 29.0 Å². The first-order valence-corrected chi connectivity index (χ1v) is 4.97. The molecule has 0 aliphatic heterocycles. The molecule has 3 nitrogen and oxygen atoms in total. The first-order chi connectivity index (χ1) is 7.07.